The van der Waals surface area contributed by atoms with Crippen molar-refractivity contribution in [2.75, 3.05) is 0 Å². The van der Waals surface area contributed by atoms with Crippen molar-refractivity contribution >= 4 is 11.3 Å². The van der Waals surface area contributed by atoms with Crippen LogP contribution >= 0.6 is 11.3 Å². The summed E-state index contributed by atoms with van der Waals surface area (Å²) in [4.78, 5) is 7.70. The van der Waals surface area contributed by atoms with E-state index >= 15 is 0 Å². The molecule has 0 fully saturated rings. The van der Waals surface area contributed by atoms with E-state index in [0.29, 0.717) is 5.69 Å². The van der Waals surface area contributed by atoms with Crippen molar-refractivity contribution in [2.45, 2.75) is 25.1 Å². The summed E-state index contributed by atoms with van der Waals surface area (Å²) in [5.41, 5.74) is 1.96. The third kappa shape index (κ3) is 2.51. The molecule has 18 heavy (non-hydrogen) atoms. The van der Waals surface area contributed by atoms with Gasteiger partial charge in [-0.15, -0.1) is 11.3 Å². The number of rotatable bonds is 3. The predicted molar refractivity (Wildman–Crippen MR) is 55.9 cm³/mol. The molecule has 2 aromatic heterocycles. The van der Waals surface area contributed by atoms with Crippen LogP contribution < -0.4 is 0 Å². The van der Waals surface area contributed by atoms with E-state index in [1.54, 1.807) is 10.9 Å². The van der Waals surface area contributed by atoms with Gasteiger partial charge in [-0.25, -0.2) is 4.98 Å². The molecule has 2 aromatic rings. The lowest BCUT2D eigenvalue weighted by Crippen LogP contribution is -2.33. The van der Waals surface area contributed by atoms with Crippen LogP contribution in [0.25, 0.3) is 11.5 Å². The SMILES string of the molecule is CC(c1nc(-c2cscn2)no1)C(O)C(F)(F)F. The molecule has 0 aliphatic rings. The molecule has 0 amide bonds. The van der Waals surface area contributed by atoms with Gasteiger partial charge in [0.05, 0.1) is 11.4 Å². The molecule has 0 saturated carbocycles. The van der Waals surface area contributed by atoms with Gasteiger partial charge in [0.15, 0.2) is 6.10 Å². The summed E-state index contributed by atoms with van der Waals surface area (Å²) in [5.74, 6) is -1.50. The molecule has 2 atom stereocenters. The van der Waals surface area contributed by atoms with E-state index in [0.717, 1.165) is 6.92 Å². The van der Waals surface area contributed by atoms with Crippen molar-refractivity contribution in [1.82, 2.24) is 15.1 Å². The minimum Gasteiger partial charge on any atom is -0.383 e. The number of halogens is 3. The number of aliphatic hydroxyl groups is 1. The maximum atomic E-state index is 12.3. The van der Waals surface area contributed by atoms with Crippen LogP contribution in [0.3, 0.4) is 0 Å². The second kappa shape index (κ2) is 4.65. The Hall–Kier alpha value is -1.48. The number of aromatic nitrogens is 3. The summed E-state index contributed by atoms with van der Waals surface area (Å²) in [5, 5.41) is 14.2. The fourth-order valence-corrected chi connectivity index (χ4v) is 1.80. The zero-order chi connectivity index (χ0) is 13.3. The Balaban J connectivity index is 2.20. The molecule has 0 aromatic carbocycles. The Bertz CT molecular complexity index is 511. The lowest BCUT2D eigenvalue weighted by Gasteiger charge is -2.17. The smallest absolute Gasteiger partial charge is 0.383 e. The average Bonchev–Trinajstić information content (AvgIpc) is 2.95. The highest BCUT2D eigenvalue weighted by molar-refractivity contribution is 7.07. The van der Waals surface area contributed by atoms with E-state index in [1.807, 2.05) is 0 Å². The van der Waals surface area contributed by atoms with Gasteiger partial charge in [-0.2, -0.15) is 18.2 Å². The molecule has 9 heteroatoms. The van der Waals surface area contributed by atoms with Gasteiger partial charge in [0.2, 0.25) is 11.7 Å². The number of nitrogens with zero attached hydrogens (tertiary/aromatic N) is 3. The van der Waals surface area contributed by atoms with Crippen molar-refractivity contribution in [3.05, 3.63) is 16.8 Å². The summed E-state index contributed by atoms with van der Waals surface area (Å²) < 4.78 is 41.7. The van der Waals surface area contributed by atoms with E-state index in [-0.39, 0.29) is 11.7 Å². The summed E-state index contributed by atoms with van der Waals surface area (Å²) in [6, 6.07) is 0. The van der Waals surface area contributed by atoms with E-state index in [1.165, 1.54) is 11.3 Å². The van der Waals surface area contributed by atoms with Gasteiger partial charge in [-0.05, 0) is 0 Å². The first kappa shape index (κ1) is 13.0. The van der Waals surface area contributed by atoms with Crippen molar-refractivity contribution in [1.29, 1.82) is 0 Å². The van der Waals surface area contributed by atoms with E-state index in [4.69, 9.17) is 9.63 Å². The van der Waals surface area contributed by atoms with Crippen LogP contribution in [0.1, 0.15) is 18.7 Å². The van der Waals surface area contributed by atoms with Crippen molar-refractivity contribution < 1.29 is 22.8 Å². The number of hydrogen-bond donors (Lipinski definition) is 1. The molecule has 1 N–H and O–H groups in total. The van der Waals surface area contributed by atoms with Gasteiger partial charge in [0.1, 0.15) is 5.69 Å². The molecule has 0 saturated heterocycles. The van der Waals surface area contributed by atoms with Crippen LogP contribution in [0.2, 0.25) is 0 Å². The molecule has 0 aliphatic heterocycles. The van der Waals surface area contributed by atoms with Gasteiger partial charge < -0.3 is 9.63 Å². The lowest BCUT2D eigenvalue weighted by atomic mass is 10.1. The zero-order valence-corrected chi connectivity index (χ0v) is 9.87. The van der Waals surface area contributed by atoms with Gasteiger partial charge in [-0.1, -0.05) is 12.1 Å². The first-order valence-corrected chi connectivity index (χ1v) is 5.81. The van der Waals surface area contributed by atoms with Gasteiger partial charge in [-0.3, -0.25) is 0 Å². The third-order valence-electron chi connectivity index (χ3n) is 2.30. The minimum atomic E-state index is -4.73. The fourth-order valence-electron chi connectivity index (χ4n) is 1.27. The molecular weight excluding hydrogens is 271 g/mol. The highest BCUT2D eigenvalue weighted by Gasteiger charge is 2.44. The molecule has 0 spiro atoms. The first-order chi connectivity index (χ1) is 8.39. The average molecular weight is 279 g/mol. The Morgan fingerprint density at radius 1 is 1.44 bits per heavy atom. The van der Waals surface area contributed by atoms with Gasteiger partial charge >= 0.3 is 6.18 Å². The fraction of sp³-hybridized carbons (Fsp3) is 0.444. The van der Waals surface area contributed by atoms with Crippen LogP contribution in [0.15, 0.2) is 15.4 Å². The number of thiazole rings is 1. The monoisotopic (exact) mass is 279 g/mol. The molecule has 2 rings (SSSR count). The molecule has 2 unspecified atom stereocenters. The number of aliphatic hydroxyl groups excluding tert-OH is 1. The number of alkyl halides is 3. The molecular formula is C9H8F3N3O2S. The van der Waals surface area contributed by atoms with Crippen LogP contribution in [0.4, 0.5) is 13.2 Å². The van der Waals surface area contributed by atoms with Crippen LogP contribution in [0.5, 0.6) is 0 Å². The van der Waals surface area contributed by atoms with E-state index in [9.17, 15) is 13.2 Å². The standard InChI is InChI=1S/C9H8F3N3O2S/c1-4(6(16)9(10,11)12)8-14-7(15-17-8)5-2-18-3-13-5/h2-4,6,16H,1H3. The second-order valence-electron chi connectivity index (χ2n) is 3.61. The Morgan fingerprint density at radius 2 is 2.17 bits per heavy atom. The lowest BCUT2D eigenvalue weighted by molar-refractivity contribution is -0.210. The Labute approximate surface area is 103 Å². The summed E-state index contributed by atoms with van der Waals surface area (Å²) in [6.45, 7) is 1.16. The molecule has 0 aliphatic carbocycles. The Morgan fingerprint density at radius 3 is 2.72 bits per heavy atom. The maximum Gasteiger partial charge on any atom is 0.415 e. The van der Waals surface area contributed by atoms with Crippen molar-refractivity contribution in [2.24, 2.45) is 0 Å². The second-order valence-corrected chi connectivity index (χ2v) is 4.32. The van der Waals surface area contributed by atoms with Gasteiger partial charge in [0.25, 0.3) is 0 Å². The molecule has 98 valence electrons. The Kier molecular flexibility index (Phi) is 3.35. The molecule has 2 heterocycles. The topological polar surface area (TPSA) is 72.0 Å². The maximum absolute atomic E-state index is 12.3. The van der Waals surface area contributed by atoms with Crippen LogP contribution in [-0.2, 0) is 0 Å². The van der Waals surface area contributed by atoms with Crippen molar-refractivity contribution in [3.63, 3.8) is 0 Å². The highest BCUT2D eigenvalue weighted by Crippen LogP contribution is 2.31. The predicted octanol–water partition coefficient (Wildman–Crippen LogP) is 2.22. The molecule has 0 radical (unpaired) electrons. The summed E-state index contributed by atoms with van der Waals surface area (Å²) in [7, 11) is 0. The quantitative estimate of drug-likeness (QED) is 0.932. The minimum absolute atomic E-state index is 0.104. The number of hydrogen-bond acceptors (Lipinski definition) is 6. The van der Waals surface area contributed by atoms with Crippen molar-refractivity contribution in [3.8, 4) is 11.5 Å². The normalized spacial score (nSPS) is 15.6. The largest absolute Gasteiger partial charge is 0.415 e. The zero-order valence-electron chi connectivity index (χ0n) is 9.05. The molecule has 5 nitrogen and oxygen atoms in total. The van der Waals surface area contributed by atoms with E-state index in [2.05, 4.69) is 15.1 Å². The summed E-state index contributed by atoms with van der Waals surface area (Å²) in [6.07, 6.45) is -7.27. The van der Waals surface area contributed by atoms with E-state index < -0.39 is 18.2 Å². The first-order valence-electron chi connectivity index (χ1n) is 4.86. The highest BCUT2D eigenvalue weighted by atomic mass is 32.1. The summed E-state index contributed by atoms with van der Waals surface area (Å²) >= 11 is 1.30. The third-order valence-corrected chi connectivity index (χ3v) is 2.89. The van der Waals surface area contributed by atoms with Gasteiger partial charge in [0, 0.05) is 5.38 Å². The molecule has 0 bridgehead atoms. The van der Waals surface area contributed by atoms with Crippen LogP contribution in [-0.4, -0.2) is 32.5 Å². The van der Waals surface area contributed by atoms with Crippen LogP contribution in [0, 0.1) is 0 Å².